The van der Waals surface area contributed by atoms with Crippen LogP contribution in [0.1, 0.15) is 32.0 Å². The number of ether oxygens (including phenoxy) is 1. The fourth-order valence-electron chi connectivity index (χ4n) is 6.15. The Hall–Kier alpha value is -2.80. The summed E-state index contributed by atoms with van der Waals surface area (Å²) >= 11 is 8.57. The average molecular weight is 683 g/mol. The summed E-state index contributed by atoms with van der Waals surface area (Å²) in [4.78, 5) is 36.3. The molecule has 18 nitrogen and oxygen atoms in total. The second-order valence-corrected chi connectivity index (χ2v) is 16.6. The van der Waals surface area contributed by atoms with E-state index in [1.807, 2.05) is 0 Å². The van der Waals surface area contributed by atoms with Crippen LogP contribution in [0.25, 0.3) is 28.1 Å². The Morgan fingerprint density at radius 3 is 2.70 bits per heavy atom. The minimum Gasteiger partial charge on any atom is -0.382 e. The summed E-state index contributed by atoms with van der Waals surface area (Å²) < 4.78 is 62.4. The smallest absolute Gasteiger partial charge is 0.382 e. The van der Waals surface area contributed by atoms with Crippen LogP contribution in [0.4, 0.5) is 5.82 Å². The first-order valence-electron chi connectivity index (χ1n) is 13.3. The highest BCUT2D eigenvalue weighted by Gasteiger charge is 2.60. The monoisotopic (exact) mass is 682 g/mol. The number of nitrogens with two attached hydrogens (primary N) is 1. The maximum atomic E-state index is 13.9. The number of aromatic nitrogens is 9. The minimum atomic E-state index is -4.14. The molecule has 232 valence electrons. The number of nitrogens with one attached hydrogen (secondary N) is 1. The SMILES string of the molecule is CC12C[C@@H](n3cnc4c(=O)[nH]c5nccn5c43)[C@@H]1OP(=O)(S)OC[C@@H]1C[C@@H](OP(=O)(S)O2)[C@H](n2cnc3c(N)ncnc32)O1. The van der Waals surface area contributed by atoms with Gasteiger partial charge in [0.1, 0.15) is 29.7 Å². The fourth-order valence-corrected chi connectivity index (χ4v) is 9.92. The van der Waals surface area contributed by atoms with Crippen LogP contribution in [0.15, 0.2) is 36.2 Å². The summed E-state index contributed by atoms with van der Waals surface area (Å²) in [5.41, 5.74) is 5.48. The average Bonchev–Trinajstić information content (AvgIpc) is 3.74. The molecule has 3 aliphatic rings. The van der Waals surface area contributed by atoms with Crippen LogP contribution >= 0.6 is 38.1 Å². The first kappa shape index (κ1) is 28.7. The number of anilines is 1. The van der Waals surface area contributed by atoms with Gasteiger partial charge < -0.3 is 15.0 Å². The maximum absolute atomic E-state index is 13.9. The molecule has 3 N–H and O–H groups in total. The molecule has 44 heavy (non-hydrogen) atoms. The maximum Gasteiger partial charge on any atom is 0.387 e. The molecule has 3 unspecified atom stereocenters. The van der Waals surface area contributed by atoms with Crippen molar-refractivity contribution in [1.29, 1.82) is 0 Å². The van der Waals surface area contributed by atoms with Crippen LogP contribution < -0.4 is 11.3 Å². The van der Waals surface area contributed by atoms with Crippen LogP contribution in [-0.2, 0) is 32.0 Å². The fraction of sp³-hybridized carbons (Fsp3) is 0.455. The van der Waals surface area contributed by atoms with Gasteiger partial charge in [0.2, 0.25) is 5.78 Å². The molecule has 2 aliphatic heterocycles. The summed E-state index contributed by atoms with van der Waals surface area (Å²) in [6.07, 6.45) is 4.29. The Kier molecular flexibility index (Phi) is 6.41. The van der Waals surface area contributed by atoms with Gasteiger partial charge in [-0.05, 0) is 6.92 Å². The third kappa shape index (κ3) is 4.54. The van der Waals surface area contributed by atoms with Crippen molar-refractivity contribution < 1.29 is 32.0 Å². The number of aromatic amines is 1. The van der Waals surface area contributed by atoms with Crippen LogP contribution in [-0.4, -0.2) is 74.0 Å². The van der Waals surface area contributed by atoms with Gasteiger partial charge in [-0.25, -0.2) is 34.0 Å². The summed E-state index contributed by atoms with van der Waals surface area (Å²) in [5, 5.41) is 0. The number of hydrogen-bond donors (Lipinski definition) is 4. The molecule has 0 spiro atoms. The van der Waals surface area contributed by atoms with Gasteiger partial charge in [0.15, 0.2) is 28.9 Å². The van der Waals surface area contributed by atoms with Crippen LogP contribution in [0.5, 0.6) is 0 Å². The van der Waals surface area contributed by atoms with Crippen LogP contribution in [0.2, 0.25) is 0 Å². The van der Waals surface area contributed by atoms with Gasteiger partial charge in [0.25, 0.3) is 5.56 Å². The van der Waals surface area contributed by atoms with Crippen molar-refractivity contribution in [2.45, 2.75) is 55.9 Å². The molecular weight excluding hydrogens is 658 g/mol. The Bertz CT molecular complexity index is 2120. The molecule has 2 saturated heterocycles. The van der Waals surface area contributed by atoms with E-state index in [9.17, 15) is 13.9 Å². The lowest BCUT2D eigenvalue weighted by Gasteiger charge is -2.52. The van der Waals surface area contributed by atoms with Gasteiger partial charge >= 0.3 is 13.6 Å². The summed E-state index contributed by atoms with van der Waals surface area (Å²) in [5.74, 6) is 0.484. The quantitative estimate of drug-likeness (QED) is 0.156. The van der Waals surface area contributed by atoms with Crippen molar-refractivity contribution in [3.8, 4) is 0 Å². The largest absolute Gasteiger partial charge is 0.387 e. The molecule has 2 bridgehead atoms. The van der Waals surface area contributed by atoms with E-state index in [-0.39, 0.29) is 30.8 Å². The summed E-state index contributed by atoms with van der Waals surface area (Å²) in [6, 6.07) is -0.596. The number of nitrogen functional groups attached to an aromatic ring is 1. The standard InChI is InChI=1S/C22H24N10O8P2S2/c1-22-5-11(31-8-28-14-18(33)29-21-24-2-3-30(21)19(14)31)15(22)39-41(34,43)36-6-10-4-12(38-42(35,44)40-22)20(37-10)32-9-27-13-16(23)25-7-26-17(13)32/h2-3,7-12,15,20H,4-6H2,1H3,(H,34,43)(H,35,44)(H2,23,25,26)(H,24,29,33)/t10-,11+,12+,15-,20+,22?,41?,42?/m0/s1. The van der Waals surface area contributed by atoms with Crippen molar-refractivity contribution in [1.82, 2.24) is 43.4 Å². The molecule has 1 aliphatic carbocycles. The topological polar surface area (TPSA) is 218 Å². The van der Waals surface area contributed by atoms with Crippen molar-refractivity contribution in [3.63, 3.8) is 0 Å². The van der Waals surface area contributed by atoms with Gasteiger partial charge in [0.05, 0.1) is 31.4 Å². The Morgan fingerprint density at radius 2 is 1.86 bits per heavy atom. The van der Waals surface area contributed by atoms with Crippen molar-refractivity contribution >= 4 is 72.0 Å². The second-order valence-electron chi connectivity index (χ2n) is 10.9. The Morgan fingerprint density at radius 1 is 1.07 bits per heavy atom. The molecule has 8 atom stereocenters. The van der Waals surface area contributed by atoms with Crippen molar-refractivity contribution in [2.24, 2.45) is 0 Å². The lowest BCUT2D eigenvalue weighted by Crippen LogP contribution is -2.58. The predicted molar refractivity (Wildman–Crippen MR) is 159 cm³/mol. The van der Waals surface area contributed by atoms with E-state index >= 15 is 0 Å². The molecule has 7 heterocycles. The number of nitrogens with zero attached hydrogens (tertiary/aromatic N) is 8. The first-order chi connectivity index (χ1) is 20.9. The highest BCUT2D eigenvalue weighted by molar-refractivity contribution is 8.44. The Labute approximate surface area is 257 Å². The minimum absolute atomic E-state index is 0.158. The number of H-pyrrole nitrogens is 1. The van der Waals surface area contributed by atoms with Gasteiger partial charge in [-0.3, -0.25) is 36.8 Å². The molecule has 0 amide bonds. The molecule has 0 radical (unpaired) electrons. The number of fused-ring (bicyclic) bond motifs is 7. The van der Waals surface area contributed by atoms with Gasteiger partial charge in [0, 0.05) is 25.2 Å². The molecule has 5 aromatic heterocycles. The van der Waals surface area contributed by atoms with E-state index in [1.54, 1.807) is 26.7 Å². The number of thiol groups is 2. The number of rotatable bonds is 2. The summed E-state index contributed by atoms with van der Waals surface area (Å²) in [7, 11) is 0. The zero-order valence-corrected chi connectivity index (χ0v) is 26.2. The Balaban J connectivity index is 1.15. The molecule has 22 heteroatoms. The molecular formula is C22H24N10O8P2S2. The van der Waals surface area contributed by atoms with E-state index in [0.29, 0.717) is 22.6 Å². The first-order valence-corrected chi connectivity index (χ1v) is 18.7. The molecule has 1 saturated carbocycles. The number of imidazole rings is 3. The van der Waals surface area contributed by atoms with Crippen LogP contribution in [0.3, 0.4) is 0 Å². The third-order valence-corrected chi connectivity index (χ3v) is 11.4. The van der Waals surface area contributed by atoms with E-state index in [1.165, 1.54) is 25.2 Å². The van der Waals surface area contributed by atoms with Crippen molar-refractivity contribution in [3.05, 3.63) is 41.7 Å². The normalized spacial score (nSPS) is 36.2. The van der Waals surface area contributed by atoms with Gasteiger partial charge in [-0.1, -0.05) is 24.5 Å². The van der Waals surface area contributed by atoms with E-state index in [2.05, 4.69) is 54.4 Å². The molecule has 3 fully saturated rings. The van der Waals surface area contributed by atoms with E-state index < -0.39 is 55.3 Å². The van der Waals surface area contributed by atoms with E-state index in [4.69, 9.17) is 28.6 Å². The molecule has 5 aromatic rings. The second kappa shape index (κ2) is 9.85. The zero-order chi connectivity index (χ0) is 30.6. The number of hydrogen-bond acceptors (Lipinski definition) is 14. The van der Waals surface area contributed by atoms with Crippen molar-refractivity contribution in [2.75, 3.05) is 12.3 Å². The predicted octanol–water partition coefficient (Wildman–Crippen LogP) is 2.68. The molecule has 8 rings (SSSR count). The zero-order valence-electron chi connectivity index (χ0n) is 22.6. The van der Waals surface area contributed by atoms with E-state index in [0.717, 1.165) is 0 Å². The summed E-state index contributed by atoms with van der Waals surface area (Å²) in [6.45, 7) is -6.76. The highest BCUT2D eigenvalue weighted by Crippen LogP contribution is 2.67. The highest BCUT2D eigenvalue weighted by atomic mass is 32.7. The lowest BCUT2D eigenvalue weighted by atomic mass is 9.74. The van der Waals surface area contributed by atoms with Gasteiger partial charge in [-0.15, -0.1) is 0 Å². The molecule has 0 aromatic carbocycles. The third-order valence-electron chi connectivity index (χ3n) is 8.07. The van der Waals surface area contributed by atoms with Gasteiger partial charge in [-0.2, -0.15) is 0 Å². The van der Waals surface area contributed by atoms with Crippen LogP contribution in [0, 0.1) is 0 Å². The lowest BCUT2D eigenvalue weighted by molar-refractivity contribution is -0.143.